The van der Waals surface area contributed by atoms with Crippen LogP contribution in [0.2, 0.25) is 0 Å². The van der Waals surface area contributed by atoms with Crippen LogP contribution in [0.25, 0.3) is 0 Å². The van der Waals surface area contributed by atoms with E-state index in [1.807, 2.05) is 0 Å². The third kappa shape index (κ3) is 2.79. The van der Waals surface area contributed by atoms with Crippen molar-refractivity contribution in [3.8, 4) is 0 Å². The molecule has 4 nitrogen and oxygen atoms in total. The van der Waals surface area contributed by atoms with Gasteiger partial charge in [-0.15, -0.1) is 0 Å². The van der Waals surface area contributed by atoms with Gasteiger partial charge in [0, 0.05) is 24.5 Å². The van der Waals surface area contributed by atoms with Gasteiger partial charge in [-0.05, 0) is 37.8 Å². The highest BCUT2D eigenvalue weighted by Crippen LogP contribution is 2.17. The van der Waals surface area contributed by atoms with Gasteiger partial charge >= 0.3 is 0 Å². The van der Waals surface area contributed by atoms with Crippen LogP contribution < -0.4 is 11.1 Å². The van der Waals surface area contributed by atoms with Gasteiger partial charge in [-0.2, -0.15) is 0 Å². The van der Waals surface area contributed by atoms with Crippen molar-refractivity contribution in [2.75, 3.05) is 0 Å². The fourth-order valence-corrected chi connectivity index (χ4v) is 2.03. The Hall–Kier alpha value is -1.42. The van der Waals surface area contributed by atoms with Crippen molar-refractivity contribution in [1.29, 1.82) is 0 Å². The molecule has 0 radical (unpaired) electrons. The molecule has 1 aliphatic rings. The third-order valence-corrected chi connectivity index (χ3v) is 3.03. The molecule has 0 spiro atoms. The number of rotatable bonds is 2. The van der Waals surface area contributed by atoms with E-state index >= 15 is 0 Å². The minimum absolute atomic E-state index is 0.0337. The van der Waals surface area contributed by atoms with Crippen LogP contribution in [0.5, 0.6) is 0 Å². The predicted molar refractivity (Wildman–Crippen MR) is 61.9 cm³/mol. The number of hydrogen-bond acceptors (Lipinski definition) is 3. The van der Waals surface area contributed by atoms with E-state index in [2.05, 4.69) is 10.3 Å². The number of carbonyl (C=O) groups excluding carboxylic acids is 1. The molecule has 0 atom stereocenters. The zero-order valence-electron chi connectivity index (χ0n) is 9.23. The maximum Gasteiger partial charge on any atom is 0.253 e. The number of amides is 1. The second-order valence-electron chi connectivity index (χ2n) is 4.33. The number of nitrogens with zero attached hydrogens (tertiary/aromatic N) is 1. The summed E-state index contributed by atoms with van der Waals surface area (Å²) in [6.45, 7) is 0. The molecule has 86 valence electrons. The Morgan fingerprint density at radius 3 is 2.75 bits per heavy atom. The van der Waals surface area contributed by atoms with Crippen molar-refractivity contribution in [3.05, 3.63) is 30.1 Å². The minimum Gasteiger partial charge on any atom is -0.349 e. The highest BCUT2D eigenvalue weighted by atomic mass is 16.1. The quantitative estimate of drug-likeness (QED) is 0.782. The summed E-state index contributed by atoms with van der Waals surface area (Å²) >= 11 is 0. The first kappa shape index (κ1) is 11.1. The topological polar surface area (TPSA) is 68.0 Å². The molecule has 0 bridgehead atoms. The summed E-state index contributed by atoms with van der Waals surface area (Å²) in [5.41, 5.74) is 6.44. The predicted octanol–water partition coefficient (Wildman–Crippen LogP) is 1.08. The van der Waals surface area contributed by atoms with Gasteiger partial charge in [0.2, 0.25) is 0 Å². The summed E-state index contributed by atoms with van der Waals surface area (Å²) in [5, 5.41) is 3.02. The van der Waals surface area contributed by atoms with Gasteiger partial charge in [0.1, 0.15) is 0 Å². The molecule has 1 heterocycles. The number of aromatic nitrogens is 1. The zero-order chi connectivity index (χ0) is 11.4. The van der Waals surface area contributed by atoms with Crippen LogP contribution in [-0.4, -0.2) is 23.0 Å². The molecule has 0 saturated heterocycles. The first-order valence-electron chi connectivity index (χ1n) is 5.72. The Morgan fingerprint density at radius 2 is 2.12 bits per heavy atom. The summed E-state index contributed by atoms with van der Waals surface area (Å²) < 4.78 is 0. The minimum atomic E-state index is -0.0337. The second kappa shape index (κ2) is 5.07. The number of pyridine rings is 1. The number of nitrogens with two attached hydrogens (primary N) is 1. The maximum atomic E-state index is 11.8. The molecule has 0 aliphatic heterocycles. The first-order chi connectivity index (χ1) is 7.75. The Labute approximate surface area is 95.3 Å². The van der Waals surface area contributed by atoms with E-state index in [0.29, 0.717) is 11.6 Å². The van der Waals surface area contributed by atoms with Crippen molar-refractivity contribution < 1.29 is 4.79 Å². The molecule has 3 N–H and O–H groups in total. The molecule has 2 rings (SSSR count). The normalized spacial score (nSPS) is 25.1. The lowest BCUT2D eigenvalue weighted by molar-refractivity contribution is 0.0925. The van der Waals surface area contributed by atoms with Gasteiger partial charge in [-0.3, -0.25) is 9.78 Å². The molecule has 1 amide bonds. The van der Waals surface area contributed by atoms with E-state index in [0.717, 1.165) is 25.7 Å². The van der Waals surface area contributed by atoms with Gasteiger partial charge in [0.05, 0.1) is 5.56 Å². The highest BCUT2D eigenvalue weighted by Gasteiger charge is 2.20. The molecular weight excluding hydrogens is 202 g/mol. The summed E-state index contributed by atoms with van der Waals surface area (Å²) in [7, 11) is 0. The van der Waals surface area contributed by atoms with Crippen LogP contribution in [0.3, 0.4) is 0 Å². The summed E-state index contributed by atoms with van der Waals surface area (Å²) in [4.78, 5) is 15.7. The third-order valence-electron chi connectivity index (χ3n) is 3.03. The molecule has 1 aromatic heterocycles. The van der Waals surface area contributed by atoms with Crippen LogP contribution in [0.4, 0.5) is 0 Å². The number of nitrogens with one attached hydrogen (secondary N) is 1. The SMILES string of the molecule is NC1CCC(NC(=O)c2cccnc2)CC1. The van der Waals surface area contributed by atoms with E-state index in [-0.39, 0.29) is 11.9 Å². The second-order valence-corrected chi connectivity index (χ2v) is 4.33. The van der Waals surface area contributed by atoms with Crippen molar-refractivity contribution in [2.45, 2.75) is 37.8 Å². The monoisotopic (exact) mass is 219 g/mol. The lowest BCUT2D eigenvalue weighted by Gasteiger charge is -2.26. The Bertz CT molecular complexity index is 345. The van der Waals surface area contributed by atoms with E-state index in [1.165, 1.54) is 0 Å². The Balaban J connectivity index is 1.88. The maximum absolute atomic E-state index is 11.8. The average Bonchev–Trinajstić information content (AvgIpc) is 2.33. The lowest BCUT2D eigenvalue weighted by atomic mass is 9.92. The number of carbonyl (C=O) groups is 1. The molecule has 1 aliphatic carbocycles. The summed E-state index contributed by atoms with van der Waals surface area (Å²) in [6, 6.07) is 4.13. The van der Waals surface area contributed by atoms with Gasteiger partial charge in [-0.25, -0.2) is 0 Å². The Kier molecular flexibility index (Phi) is 3.51. The van der Waals surface area contributed by atoms with E-state index in [4.69, 9.17) is 5.73 Å². The smallest absolute Gasteiger partial charge is 0.253 e. The lowest BCUT2D eigenvalue weighted by Crippen LogP contribution is -2.40. The standard InChI is InChI=1S/C12H17N3O/c13-10-3-5-11(6-4-10)15-12(16)9-2-1-7-14-8-9/h1-2,7-8,10-11H,3-6,13H2,(H,15,16). The van der Waals surface area contributed by atoms with Crippen LogP contribution >= 0.6 is 0 Å². The number of hydrogen-bond donors (Lipinski definition) is 2. The molecule has 1 fully saturated rings. The van der Waals surface area contributed by atoms with Crippen molar-refractivity contribution in [3.63, 3.8) is 0 Å². The highest BCUT2D eigenvalue weighted by molar-refractivity contribution is 5.93. The van der Waals surface area contributed by atoms with Crippen molar-refractivity contribution in [1.82, 2.24) is 10.3 Å². The summed E-state index contributed by atoms with van der Waals surface area (Å²) in [5.74, 6) is -0.0337. The van der Waals surface area contributed by atoms with Crippen LogP contribution in [-0.2, 0) is 0 Å². The molecule has 0 aromatic carbocycles. The van der Waals surface area contributed by atoms with Crippen LogP contribution in [0.15, 0.2) is 24.5 Å². The largest absolute Gasteiger partial charge is 0.349 e. The molecule has 0 unspecified atom stereocenters. The van der Waals surface area contributed by atoms with Crippen LogP contribution in [0.1, 0.15) is 36.0 Å². The molecule has 16 heavy (non-hydrogen) atoms. The van der Waals surface area contributed by atoms with Gasteiger partial charge in [0.25, 0.3) is 5.91 Å². The Morgan fingerprint density at radius 1 is 1.38 bits per heavy atom. The van der Waals surface area contributed by atoms with E-state index in [1.54, 1.807) is 24.5 Å². The average molecular weight is 219 g/mol. The molecule has 1 saturated carbocycles. The fourth-order valence-electron chi connectivity index (χ4n) is 2.03. The van der Waals surface area contributed by atoms with E-state index in [9.17, 15) is 4.79 Å². The first-order valence-corrected chi connectivity index (χ1v) is 5.72. The van der Waals surface area contributed by atoms with Crippen molar-refractivity contribution in [2.24, 2.45) is 5.73 Å². The van der Waals surface area contributed by atoms with E-state index < -0.39 is 0 Å². The van der Waals surface area contributed by atoms with Crippen LogP contribution in [0, 0.1) is 0 Å². The van der Waals surface area contributed by atoms with Crippen molar-refractivity contribution >= 4 is 5.91 Å². The summed E-state index contributed by atoms with van der Waals surface area (Å²) in [6.07, 6.45) is 7.20. The van der Waals surface area contributed by atoms with Gasteiger partial charge in [-0.1, -0.05) is 0 Å². The zero-order valence-corrected chi connectivity index (χ0v) is 9.23. The van der Waals surface area contributed by atoms with Gasteiger partial charge < -0.3 is 11.1 Å². The molecule has 1 aromatic rings. The fraction of sp³-hybridized carbons (Fsp3) is 0.500. The van der Waals surface area contributed by atoms with Gasteiger partial charge in [0.15, 0.2) is 0 Å². The molecule has 4 heteroatoms. The molecular formula is C12H17N3O.